The zero-order chi connectivity index (χ0) is 20.1. The molecule has 28 heavy (non-hydrogen) atoms. The van der Waals surface area contributed by atoms with Crippen molar-refractivity contribution in [3.8, 4) is 0 Å². The van der Waals surface area contributed by atoms with Crippen LogP contribution >= 0.6 is 22.7 Å². The summed E-state index contributed by atoms with van der Waals surface area (Å²) in [6.07, 6.45) is 3.13. The summed E-state index contributed by atoms with van der Waals surface area (Å²) in [6, 6.07) is 8.43. The molecule has 0 aliphatic heterocycles. The van der Waals surface area contributed by atoms with Gasteiger partial charge in [-0.05, 0) is 42.6 Å². The molecule has 0 saturated carbocycles. The van der Waals surface area contributed by atoms with Crippen LogP contribution < -0.4 is 9.94 Å². The molecule has 0 saturated heterocycles. The van der Waals surface area contributed by atoms with Crippen LogP contribution in [0.4, 0.5) is 0 Å². The number of nitrogens with zero attached hydrogens (tertiary/aromatic N) is 2. The molecule has 0 unspecified atom stereocenters. The van der Waals surface area contributed by atoms with Gasteiger partial charge in [0, 0.05) is 24.1 Å². The Hall–Kier alpha value is -2.11. The van der Waals surface area contributed by atoms with Crippen LogP contribution in [0.3, 0.4) is 0 Å². The Bertz CT molecular complexity index is 1170. The van der Waals surface area contributed by atoms with E-state index >= 15 is 0 Å². The number of thiazole rings is 1. The number of hydrogen-bond acceptors (Lipinski definition) is 6. The summed E-state index contributed by atoms with van der Waals surface area (Å²) in [5, 5.41) is 7.15. The third-order valence-corrected chi connectivity index (χ3v) is 6.58. The number of thiophene rings is 1. The highest BCUT2D eigenvalue weighted by Gasteiger charge is 2.13. The van der Waals surface area contributed by atoms with Gasteiger partial charge in [-0.25, -0.2) is 13.6 Å². The summed E-state index contributed by atoms with van der Waals surface area (Å²) in [6.45, 7) is 3.42. The molecule has 0 aliphatic carbocycles. The van der Waals surface area contributed by atoms with Crippen molar-refractivity contribution in [2.75, 3.05) is 13.2 Å². The fraction of sp³-hybridized carbons (Fsp3) is 0.222. The van der Waals surface area contributed by atoms with Crippen molar-refractivity contribution in [1.82, 2.24) is 4.57 Å². The zero-order valence-corrected chi connectivity index (χ0v) is 17.5. The molecule has 148 valence electrons. The number of carbonyl (C=O) groups is 1. The highest BCUT2D eigenvalue weighted by Crippen LogP contribution is 2.21. The molecular weight excluding hydrogens is 418 g/mol. The first kappa shape index (κ1) is 20.6. The molecule has 2 aromatic heterocycles. The van der Waals surface area contributed by atoms with E-state index in [9.17, 15) is 13.2 Å². The number of benzene rings is 1. The second kappa shape index (κ2) is 8.93. The van der Waals surface area contributed by atoms with Crippen molar-refractivity contribution in [3.63, 3.8) is 0 Å². The van der Waals surface area contributed by atoms with E-state index in [0.29, 0.717) is 29.3 Å². The first-order valence-corrected chi connectivity index (χ1v) is 11.7. The summed E-state index contributed by atoms with van der Waals surface area (Å²) in [5.41, 5.74) is 0.769. The van der Waals surface area contributed by atoms with E-state index in [4.69, 9.17) is 9.88 Å². The predicted octanol–water partition coefficient (Wildman–Crippen LogP) is 2.59. The van der Waals surface area contributed by atoms with Crippen LogP contribution in [0.15, 0.2) is 51.7 Å². The molecule has 0 aliphatic rings. The molecule has 7 nitrogen and oxygen atoms in total. The molecule has 2 heterocycles. The first-order valence-electron chi connectivity index (χ1n) is 8.42. The molecule has 0 radical (unpaired) electrons. The number of rotatable bonds is 7. The Morgan fingerprint density at radius 3 is 2.86 bits per heavy atom. The lowest BCUT2D eigenvalue weighted by Crippen LogP contribution is -2.19. The number of carbonyl (C=O) groups excluding carboxylic acids is 1. The van der Waals surface area contributed by atoms with Crippen LogP contribution in [0, 0.1) is 0 Å². The van der Waals surface area contributed by atoms with Crippen molar-refractivity contribution in [2.45, 2.75) is 18.4 Å². The lowest BCUT2D eigenvalue weighted by atomic mass is 10.3. The van der Waals surface area contributed by atoms with Gasteiger partial charge < -0.3 is 9.30 Å². The van der Waals surface area contributed by atoms with Gasteiger partial charge in [-0.2, -0.15) is 4.99 Å². The Morgan fingerprint density at radius 1 is 1.36 bits per heavy atom. The molecule has 3 aromatic rings. The van der Waals surface area contributed by atoms with E-state index in [1.54, 1.807) is 12.1 Å². The van der Waals surface area contributed by atoms with Gasteiger partial charge in [-0.3, -0.25) is 4.79 Å². The van der Waals surface area contributed by atoms with Gasteiger partial charge in [0.1, 0.15) is 0 Å². The quantitative estimate of drug-likeness (QED) is 0.453. The molecule has 1 aromatic carbocycles. The first-order chi connectivity index (χ1) is 13.4. The van der Waals surface area contributed by atoms with Crippen LogP contribution in [-0.2, 0) is 26.1 Å². The fourth-order valence-corrected chi connectivity index (χ4v) is 4.84. The van der Waals surface area contributed by atoms with Crippen LogP contribution in [0.2, 0.25) is 0 Å². The summed E-state index contributed by atoms with van der Waals surface area (Å²) in [7, 11) is -3.81. The molecule has 0 bridgehead atoms. The maximum absolute atomic E-state index is 12.3. The number of hydrogen-bond donors (Lipinski definition) is 1. The smallest absolute Gasteiger partial charge is 0.272 e. The lowest BCUT2D eigenvalue weighted by Gasteiger charge is -2.05. The number of amides is 1. The summed E-state index contributed by atoms with van der Waals surface area (Å²) >= 11 is 2.76. The maximum Gasteiger partial charge on any atom is 0.272 e. The molecule has 2 N–H and O–H groups in total. The molecule has 3 rings (SSSR count). The minimum Gasteiger partial charge on any atom is -0.380 e. The van der Waals surface area contributed by atoms with Gasteiger partial charge in [-0.1, -0.05) is 17.4 Å². The molecular formula is C18H19N3O4S3. The summed E-state index contributed by atoms with van der Waals surface area (Å²) in [4.78, 5) is 17.9. The van der Waals surface area contributed by atoms with E-state index in [1.165, 1.54) is 40.9 Å². The van der Waals surface area contributed by atoms with Crippen molar-refractivity contribution in [2.24, 2.45) is 10.1 Å². The monoisotopic (exact) mass is 437 g/mol. The summed E-state index contributed by atoms with van der Waals surface area (Å²) in [5.74, 6) is -0.392. The fourth-order valence-electron chi connectivity index (χ4n) is 2.50. The highest BCUT2D eigenvalue weighted by molar-refractivity contribution is 7.89. The minimum atomic E-state index is -3.81. The van der Waals surface area contributed by atoms with Crippen LogP contribution in [0.25, 0.3) is 16.3 Å². The Morgan fingerprint density at radius 2 is 2.18 bits per heavy atom. The average molecular weight is 438 g/mol. The topological polar surface area (TPSA) is 104 Å². The van der Waals surface area contributed by atoms with Crippen molar-refractivity contribution >= 4 is 54.9 Å². The van der Waals surface area contributed by atoms with Gasteiger partial charge in [0.15, 0.2) is 4.80 Å². The number of ether oxygens (including phenoxy) is 1. The number of sulfonamides is 1. The van der Waals surface area contributed by atoms with Crippen molar-refractivity contribution < 1.29 is 17.9 Å². The van der Waals surface area contributed by atoms with Crippen molar-refractivity contribution in [3.05, 3.63) is 51.5 Å². The Kier molecular flexibility index (Phi) is 6.57. The predicted molar refractivity (Wildman–Crippen MR) is 112 cm³/mol. The lowest BCUT2D eigenvalue weighted by molar-refractivity contribution is -0.113. The maximum atomic E-state index is 12.3. The van der Waals surface area contributed by atoms with Gasteiger partial charge >= 0.3 is 0 Å². The number of fused-ring (bicyclic) bond motifs is 1. The van der Waals surface area contributed by atoms with Gasteiger partial charge in [0.25, 0.3) is 5.91 Å². The van der Waals surface area contributed by atoms with E-state index < -0.39 is 15.9 Å². The standard InChI is InChI=1S/C18H19N3O4S3/c1-2-25-10-9-21-15-7-6-14(28(19,23)24)12-16(15)27-18(21)20-17(22)8-5-13-4-3-11-26-13/h3-8,11-12H,2,9-10H2,1H3,(H2,19,23,24)/b8-5+,20-18?. The van der Waals surface area contributed by atoms with E-state index in [-0.39, 0.29) is 4.90 Å². The molecule has 1 amide bonds. The number of nitrogens with two attached hydrogens (primary N) is 1. The minimum absolute atomic E-state index is 0.0219. The van der Waals surface area contributed by atoms with E-state index in [1.807, 2.05) is 29.0 Å². The van der Waals surface area contributed by atoms with Gasteiger partial charge in [-0.15, -0.1) is 11.3 Å². The van der Waals surface area contributed by atoms with Crippen LogP contribution in [0.1, 0.15) is 11.8 Å². The third kappa shape index (κ3) is 5.03. The number of primary sulfonamides is 1. The zero-order valence-electron chi connectivity index (χ0n) is 15.1. The molecule has 0 fully saturated rings. The third-order valence-electron chi connectivity index (χ3n) is 3.79. The Labute approximate surface area is 170 Å². The van der Waals surface area contributed by atoms with Crippen LogP contribution in [0.5, 0.6) is 0 Å². The largest absolute Gasteiger partial charge is 0.380 e. The normalized spacial score (nSPS) is 13.0. The average Bonchev–Trinajstić information content (AvgIpc) is 3.27. The molecule has 0 spiro atoms. The van der Waals surface area contributed by atoms with Crippen LogP contribution in [-0.4, -0.2) is 32.1 Å². The number of aromatic nitrogens is 1. The second-order valence-electron chi connectivity index (χ2n) is 5.71. The molecule has 10 heteroatoms. The highest BCUT2D eigenvalue weighted by atomic mass is 32.2. The Balaban J connectivity index is 2.02. The molecule has 0 atom stereocenters. The van der Waals surface area contributed by atoms with Gasteiger partial charge in [0.2, 0.25) is 10.0 Å². The summed E-state index contributed by atoms with van der Waals surface area (Å²) < 4.78 is 31.2. The van der Waals surface area contributed by atoms with E-state index in [2.05, 4.69) is 4.99 Å². The van der Waals surface area contributed by atoms with E-state index in [0.717, 1.165) is 10.4 Å². The van der Waals surface area contributed by atoms with Gasteiger partial charge in [0.05, 0.1) is 21.7 Å². The second-order valence-corrected chi connectivity index (χ2v) is 9.26. The van der Waals surface area contributed by atoms with Crippen molar-refractivity contribution in [1.29, 1.82) is 0 Å². The SMILES string of the molecule is CCOCCn1c(=NC(=O)/C=C/c2cccs2)sc2cc(S(N)(=O)=O)ccc21.